The quantitative estimate of drug-likeness (QED) is 0.288. The van der Waals surface area contributed by atoms with E-state index in [1.54, 1.807) is 0 Å². The van der Waals surface area contributed by atoms with Crippen LogP contribution in [-0.2, 0) is 6.54 Å². The summed E-state index contributed by atoms with van der Waals surface area (Å²) in [6, 6.07) is 9.73. The molecule has 0 N–H and O–H groups in total. The molecule has 0 bridgehead atoms. The first-order chi connectivity index (χ1) is 13.1. The van der Waals surface area contributed by atoms with Gasteiger partial charge >= 0.3 is 0 Å². The van der Waals surface area contributed by atoms with Gasteiger partial charge in [0, 0.05) is 11.4 Å². The van der Waals surface area contributed by atoms with Crippen LogP contribution in [0.3, 0.4) is 0 Å². The van der Waals surface area contributed by atoms with E-state index < -0.39 is 11.6 Å². The van der Waals surface area contributed by atoms with Crippen LogP contribution in [0.5, 0.6) is 0 Å². The van der Waals surface area contributed by atoms with Crippen LogP contribution in [0, 0.1) is 11.6 Å². The van der Waals surface area contributed by atoms with Gasteiger partial charge in [0.05, 0.1) is 16.6 Å². The molecule has 2 aromatic carbocycles. The lowest BCUT2D eigenvalue weighted by atomic mass is 10.1. The summed E-state index contributed by atoms with van der Waals surface area (Å²) < 4.78 is 30.3. The summed E-state index contributed by atoms with van der Waals surface area (Å²) in [5, 5.41) is 0. The Hall–Kier alpha value is -1.88. The van der Waals surface area contributed by atoms with Gasteiger partial charge in [-0.1, -0.05) is 33.1 Å². The molecule has 27 heavy (non-hydrogen) atoms. The van der Waals surface area contributed by atoms with Gasteiger partial charge in [0.1, 0.15) is 17.5 Å². The van der Waals surface area contributed by atoms with Crippen molar-refractivity contribution >= 4 is 22.8 Å². The largest absolute Gasteiger partial charge is 0.324 e. The van der Waals surface area contributed by atoms with Crippen molar-refractivity contribution in [3.8, 4) is 11.4 Å². The molecule has 144 valence electrons. The van der Waals surface area contributed by atoms with E-state index in [9.17, 15) is 8.78 Å². The molecule has 0 fully saturated rings. The fraction of sp³-hybridized carbons (Fsp3) is 0.409. The Balaban J connectivity index is 2.06. The second kappa shape index (κ2) is 9.36. The van der Waals surface area contributed by atoms with Crippen LogP contribution < -0.4 is 0 Å². The summed E-state index contributed by atoms with van der Waals surface area (Å²) in [4.78, 5) is 5.84. The van der Waals surface area contributed by atoms with Gasteiger partial charge in [-0.3, -0.25) is 0 Å². The topological polar surface area (TPSA) is 17.8 Å². The maximum Gasteiger partial charge on any atom is 0.144 e. The molecule has 3 aromatic rings. The van der Waals surface area contributed by atoms with Crippen molar-refractivity contribution < 1.29 is 8.78 Å². The lowest BCUT2D eigenvalue weighted by molar-refractivity contribution is 0.585. The molecular formula is C22H26F2N2S. The number of hydrogen-bond donors (Lipinski definition) is 0. The third-order valence-electron chi connectivity index (χ3n) is 4.60. The molecule has 0 spiro atoms. The average molecular weight is 389 g/mol. The fourth-order valence-electron chi connectivity index (χ4n) is 3.21. The summed E-state index contributed by atoms with van der Waals surface area (Å²) in [6.45, 7) is 5.09. The van der Waals surface area contributed by atoms with Crippen molar-refractivity contribution in [2.45, 2.75) is 57.4 Å². The predicted molar refractivity (Wildman–Crippen MR) is 110 cm³/mol. The highest BCUT2D eigenvalue weighted by atomic mass is 32.2. The highest BCUT2D eigenvalue weighted by Crippen LogP contribution is 2.31. The van der Waals surface area contributed by atoms with Crippen molar-refractivity contribution in [2.75, 3.05) is 5.75 Å². The Morgan fingerprint density at radius 3 is 2.59 bits per heavy atom. The maximum absolute atomic E-state index is 14.4. The number of imidazole rings is 1. The number of halogens is 2. The van der Waals surface area contributed by atoms with Crippen molar-refractivity contribution in [1.82, 2.24) is 9.55 Å². The van der Waals surface area contributed by atoms with Gasteiger partial charge in [-0.25, -0.2) is 13.8 Å². The van der Waals surface area contributed by atoms with Crippen molar-refractivity contribution in [3.05, 3.63) is 48.0 Å². The Labute approximate surface area is 164 Å². The molecule has 0 amide bonds. The van der Waals surface area contributed by atoms with Gasteiger partial charge in [0.25, 0.3) is 0 Å². The zero-order valence-corrected chi connectivity index (χ0v) is 16.8. The molecule has 3 rings (SSSR count). The van der Waals surface area contributed by atoms with E-state index in [1.807, 2.05) is 17.8 Å². The molecule has 0 aliphatic carbocycles. The first kappa shape index (κ1) is 19.9. The second-order valence-corrected chi connectivity index (χ2v) is 7.94. The summed E-state index contributed by atoms with van der Waals surface area (Å²) in [5.41, 5.74) is 2.04. The Morgan fingerprint density at radius 2 is 1.81 bits per heavy atom. The number of nitrogens with zero attached hydrogens (tertiary/aromatic N) is 2. The van der Waals surface area contributed by atoms with Gasteiger partial charge < -0.3 is 4.57 Å². The minimum Gasteiger partial charge on any atom is -0.324 e. The maximum atomic E-state index is 14.4. The summed E-state index contributed by atoms with van der Waals surface area (Å²) in [7, 11) is 0. The third kappa shape index (κ3) is 4.70. The number of fused-ring (bicyclic) bond motifs is 1. The first-order valence-electron chi connectivity index (χ1n) is 9.72. The summed E-state index contributed by atoms with van der Waals surface area (Å²) >= 11 is 1.81. The van der Waals surface area contributed by atoms with E-state index in [-0.39, 0.29) is 5.56 Å². The SMILES string of the molecule is CCCCCCn1c(-c2cc(F)ccc2F)nc2ccc(SCCC)cc21. The zero-order chi connectivity index (χ0) is 19.2. The van der Waals surface area contributed by atoms with E-state index in [0.29, 0.717) is 5.82 Å². The number of thioether (sulfide) groups is 1. The highest BCUT2D eigenvalue weighted by Gasteiger charge is 2.17. The van der Waals surface area contributed by atoms with Gasteiger partial charge in [-0.05, 0) is 55.0 Å². The lowest BCUT2D eigenvalue weighted by Gasteiger charge is -2.11. The average Bonchev–Trinajstić information content (AvgIpc) is 3.03. The molecule has 5 heteroatoms. The molecule has 0 atom stereocenters. The van der Waals surface area contributed by atoms with Crippen LogP contribution in [0.15, 0.2) is 41.3 Å². The van der Waals surface area contributed by atoms with Crippen molar-refractivity contribution in [1.29, 1.82) is 0 Å². The Morgan fingerprint density at radius 1 is 0.963 bits per heavy atom. The minimum atomic E-state index is -0.449. The van der Waals surface area contributed by atoms with Crippen molar-refractivity contribution in [3.63, 3.8) is 0 Å². The highest BCUT2D eigenvalue weighted by molar-refractivity contribution is 7.99. The van der Waals surface area contributed by atoms with Crippen LogP contribution in [0.2, 0.25) is 0 Å². The molecule has 1 aromatic heterocycles. The molecule has 0 aliphatic heterocycles. The standard InChI is InChI=1S/C22H26F2N2S/c1-3-5-6-7-12-26-21-15-17(27-13-4-2)9-11-20(21)25-22(26)18-14-16(23)8-10-19(18)24/h8-11,14-15H,3-7,12-13H2,1-2H3. The number of unbranched alkanes of at least 4 members (excludes halogenated alkanes) is 3. The molecular weight excluding hydrogens is 362 g/mol. The molecule has 0 saturated heterocycles. The van der Waals surface area contributed by atoms with E-state index in [2.05, 4.69) is 35.5 Å². The normalized spacial score (nSPS) is 11.4. The first-order valence-corrected chi connectivity index (χ1v) is 10.7. The lowest BCUT2D eigenvalue weighted by Crippen LogP contribution is -2.02. The molecule has 2 nitrogen and oxygen atoms in total. The zero-order valence-electron chi connectivity index (χ0n) is 16.0. The third-order valence-corrected chi connectivity index (χ3v) is 5.80. The fourth-order valence-corrected chi connectivity index (χ4v) is 4.01. The molecule has 0 saturated carbocycles. The van der Waals surface area contributed by atoms with Gasteiger partial charge in [0.2, 0.25) is 0 Å². The van der Waals surface area contributed by atoms with E-state index in [0.717, 1.165) is 55.1 Å². The van der Waals surface area contributed by atoms with Crippen LogP contribution in [0.4, 0.5) is 8.78 Å². The van der Waals surface area contributed by atoms with Gasteiger partial charge in [0.15, 0.2) is 0 Å². The van der Waals surface area contributed by atoms with Gasteiger partial charge in [-0.15, -0.1) is 11.8 Å². The molecule has 0 aliphatic rings. The molecule has 0 radical (unpaired) electrons. The van der Waals surface area contributed by atoms with E-state index in [4.69, 9.17) is 0 Å². The van der Waals surface area contributed by atoms with Crippen LogP contribution in [0.25, 0.3) is 22.4 Å². The summed E-state index contributed by atoms with van der Waals surface area (Å²) in [6.07, 6.45) is 5.56. The molecule has 0 unspecified atom stereocenters. The smallest absolute Gasteiger partial charge is 0.144 e. The minimum absolute atomic E-state index is 0.226. The van der Waals surface area contributed by atoms with E-state index in [1.165, 1.54) is 23.4 Å². The number of aryl methyl sites for hydroxylation is 1. The van der Waals surface area contributed by atoms with Crippen LogP contribution in [0.1, 0.15) is 46.0 Å². The summed E-state index contributed by atoms with van der Waals surface area (Å²) in [5.74, 6) is 0.676. The predicted octanol–water partition coefficient (Wildman–Crippen LogP) is 7.06. The number of rotatable bonds is 9. The van der Waals surface area contributed by atoms with Gasteiger partial charge in [-0.2, -0.15) is 0 Å². The monoisotopic (exact) mass is 388 g/mol. The molecule has 1 heterocycles. The Bertz CT molecular complexity index is 905. The number of hydrogen-bond acceptors (Lipinski definition) is 2. The van der Waals surface area contributed by atoms with Crippen LogP contribution in [-0.4, -0.2) is 15.3 Å². The van der Waals surface area contributed by atoms with Crippen molar-refractivity contribution in [2.24, 2.45) is 0 Å². The Kier molecular flexibility index (Phi) is 6.89. The number of benzene rings is 2. The van der Waals surface area contributed by atoms with E-state index >= 15 is 0 Å². The van der Waals surface area contributed by atoms with Crippen LogP contribution >= 0.6 is 11.8 Å². The second-order valence-electron chi connectivity index (χ2n) is 6.77. The number of aromatic nitrogens is 2.